The Kier molecular flexibility index (Phi) is 8.67. The predicted molar refractivity (Wildman–Crippen MR) is 146 cm³/mol. The largest absolute Gasteiger partial charge is 0.481 e. The molecule has 3 rings (SSSR count). The normalized spacial score (nSPS) is 23.6. The van der Waals surface area contributed by atoms with Crippen LogP contribution >= 0.6 is 23.2 Å². The van der Waals surface area contributed by atoms with Crippen LogP contribution in [0.5, 0.6) is 0 Å². The fourth-order valence-electron chi connectivity index (χ4n) is 5.07. The van der Waals surface area contributed by atoms with Gasteiger partial charge in [-0.15, -0.1) is 0 Å². The summed E-state index contributed by atoms with van der Waals surface area (Å²) < 4.78 is 25.6. The SMILES string of the molecule is CCC(CS(=O)(=O)C(C)(C)C)N1C(=O)[C@@](C)(CC(=O)O)C[C@H](c2cncc(Cl)c2)[C@H]1c1ccc(Cl)cc1. The molecule has 0 radical (unpaired) electrons. The summed E-state index contributed by atoms with van der Waals surface area (Å²) in [7, 11) is -3.61. The Morgan fingerprint density at radius 2 is 1.78 bits per heavy atom. The highest BCUT2D eigenvalue weighted by atomic mass is 35.5. The molecule has 0 saturated carbocycles. The molecule has 0 aliphatic carbocycles. The fraction of sp³-hybridized carbons (Fsp3) is 0.519. The fourth-order valence-corrected chi connectivity index (χ4v) is 6.78. The summed E-state index contributed by atoms with van der Waals surface area (Å²) in [5.74, 6) is -2.11. The Morgan fingerprint density at radius 3 is 2.30 bits per heavy atom. The van der Waals surface area contributed by atoms with Crippen molar-refractivity contribution >= 4 is 44.9 Å². The lowest BCUT2D eigenvalue weighted by Crippen LogP contribution is -2.58. The third-order valence-corrected chi connectivity index (χ3v) is 10.4. The monoisotopic (exact) mass is 568 g/mol. The highest BCUT2D eigenvalue weighted by Gasteiger charge is 2.53. The first kappa shape index (κ1) is 29.4. The number of carbonyl (C=O) groups is 2. The zero-order valence-corrected chi connectivity index (χ0v) is 24.1. The lowest BCUT2D eigenvalue weighted by Gasteiger charge is -2.52. The highest BCUT2D eigenvalue weighted by Crippen LogP contribution is 2.52. The minimum absolute atomic E-state index is 0.229. The average molecular weight is 570 g/mol. The van der Waals surface area contributed by atoms with Gasteiger partial charge in [-0.05, 0) is 62.9 Å². The molecule has 1 unspecified atom stereocenters. The molecule has 2 heterocycles. The second-order valence-corrected chi connectivity index (χ2v) is 14.7. The van der Waals surface area contributed by atoms with Gasteiger partial charge in [-0.1, -0.05) is 49.2 Å². The van der Waals surface area contributed by atoms with Gasteiger partial charge in [0.05, 0.1) is 33.4 Å². The summed E-state index contributed by atoms with van der Waals surface area (Å²) in [6, 6.07) is 7.61. The number of piperidine rings is 1. The number of hydrogen-bond donors (Lipinski definition) is 1. The van der Waals surface area contributed by atoms with E-state index in [0.29, 0.717) is 16.5 Å². The summed E-state index contributed by atoms with van der Waals surface area (Å²) in [4.78, 5) is 32.0. The molecule has 0 spiro atoms. The minimum atomic E-state index is -3.61. The van der Waals surface area contributed by atoms with E-state index >= 15 is 0 Å². The zero-order chi connectivity index (χ0) is 27.8. The molecular weight excluding hydrogens is 535 g/mol. The third-order valence-electron chi connectivity index (χ3n) is 7.22. The number of carboxylic acid groups (broad SMARTS) is 1. The van der Waals surface area contributed by atoms with Gasteiger partial charge in [0.1, 0.15) is 0 Å². The molecule has 0 bridgehead atoms. The Hall–Kier alpha value is -2.16. The van der Waals surface area contributed by atoms with E-state index in [9.17, 15) is 23.1 Å². The molecule has 10 heteroatoms. The van der Waals surface area contributed by atoms with E-state index in [1.54, 1.807) is 57.0 Å². The van der Waals surface area contributed by atoms with Crippen molar-refractivity contribution in [1.29, 1.82) is 0 Å². The van der Waals surface area contributed by atoms with Crippen molar-refractivity contribution in [2.75, 3.05) is 5.75 Å². The maximum atomic E-state index is 14.2. The van der Waals surface area contributed by atoms with Crippen LogP contribution in [-0.4, -0.2) is 51.8 Å². The standard InChI is InChI=1S/C27H34Cl2N2O5S/c1-6-21(16-37(35,36)26(2,3)4)31-24(17-7-9-19(28)10-8-17)22(18-11-20(29)15-30-14-18)12-27(5,25(31)34)13-23(32)33/h7-11,14-15,21-22,24H,6,12-13,16H2,1-5H3,(H,32,33)/t21?,22-,24-,27-/m1/s1. The first-order valence-electron chi connectivity index (χ1n) is 12.2. The molecule has 1 aliphatic heterocycles. The van der Waals surface area contributed by atoms with Crippen molar-refractivity contribution in [3.8, 4) is 0 Å². The number of hydrogen-bond acceptors (Lipinski definition) is 5. The van der Waals surface area contributed by atoms with Crippen LogP contribution in [-0.2, 0) is 19.4 Å². The Balaban J connectivity index is 2.27. The van der Waals surface area contributed by atoms with Crippen LogP contribution in [0.15, 0.2) is 42.7 Å². The predicted octanol–water partition coefficient (Wildman–Crippen LogP) is 5.92. The number of pyridine rings is 1. The van der Waals surface area contributed by atoms with Gasteiger partial charge in [0.15, 0.2) is 9.84 Å². The molecular formula is C27H34Cl2N2O5S. The lowest BCUT2D eigenvalue weighted by atomic mass is 9.67. The maximum Gasteiger partial charge on any atom is 0.304 e. The molecule has 37 heavy (non-hydrogen) atoms. The molecule has 1 aliphatic rings. The minimum Gasteiger partial charge on any atom is -0.481 e. The Morgan fingerprint density at radius 1 is 1.16 bits per heavy atom. The van der Waals surface area contributed by atoms with Gasteiger partial charge >= 0.3 is 5.97 Å². The molecule has 1 fully saturated rings. The lowest BCUT2D eigenvalue weighted by molar-refractivity contribution is -0.160. The van der Waals surface area contributed by atoms with Crippen LogP contribution < -0.4 is 0 Å². The number of sulfone groups is 1. The van der Waals surface area contributed by atoms with Gasteiger partial charge < -0.3 is 10.0 Å². The van der Waals surface area contributed by atoms with E-state index in [1.807, 2.05) is 19.1 Å². The van der Waals surface area contributed by atoms with Gasteiger partial charge in [-0.3, -0.25) is 14.6 Å². The highest BCUT2D eigenvalue weighted by molar-refractivity contribution is 7.92. The van der Waals surface area contributed by atoms with Crippen molar-refractivity contribution < 1.29 is 23.1 Å². The van der Waals surface area contributed by atoms with Crippen LogP contribution in [0.3, 0.4) is 0 Å². The van der Waals surface area contributed by atoms with Crippen molar-refractivity contribution in [2.45, 2.75) is 76.6 Å². The molecule has 1 aromatic carbocycles. The molecule has 1 saturated heterocycles. The first-order chi connectivity index (χ1) is 17.1. The smallest absolute Gasteiger partial charge is 0.304 e. The number of benzene rings is 1. The van der Waals surface area contributed by atoms with E-state index in [4.69, 9.17) is 23.2 Å². The van der Waals surface area contributed by atoms with Crippen molar-refractivity contribution in [3.63, 3.8) is 0 Å². The molecule has 1 N–H and O–H groups in total. The van der Waals surface area contributed by atoms with Crippen molar-refractivity contribution in [1.82, 2.24) is 9.88 Å². The second-order valence-electron chi connectivity index (χ2n) is 11.0. The first-order valence-corrected chi connectivity index (χ1v) is 14.6. The summed E-state index contributed by atoms with van der Waals surface area (Å²) in [6.07, 6.45) is 3.39. The summed E-state index contributed by atoms with van der Waals surface area (Å²) in [5, 5.41) is 10.7. The number of carboxylic acids is 1. The van der Waals surface area contributed by atoms with Gasteiger partial charge in [-0.25, -0.2) is 8.42 Å². The van der Waals surface area contributed by atoms with Gasteiger partial charge in [0, 0.05) is 29.4 Å². The van der Waals surface area contributed by atoms with Crippen LogP contribution in [0.1, 0.15) is 77.0 Å². The van der Waals surface area contributed by atoms with Crippen molar-refractivity contribution in [2.24, 2.45) is 5.41 Å². The van der Waals surface area contributed by atoms with Crippen molar-refractivity contribution in [3.05, 3.63) is 63.9 Å². The van der Waals surface area contributed by atoms with Crippen LogP contribution in [0, 0.1) is 5.41 Å². The van der Waals surface area contributed by atoms with E-state index in [-0.39, 0.29) is 30.4 Å². The number of rotatable bonds is 8. The number of carbonyl (C=O) groups excluding carboxylic acids is 1. The van der Waals surface area contributed by atoms with E-state index in [2.05, 4.69) is 4.98 Å². The number of likely N-dealkylation sites (tertiary alicyclic amines) is 1. The molecule has 202 valence electrons. The molecule has 1 aromatic heterocycles. The van der Waals surface area contributed by atoms with Crippen LogP contribution in [0.2, 0.25) is 10.0 Å². The molecule has 1 amide bonds. The topological polar surface area (TPSA) is 105 Å². The summed E-state index contributed by atoms with van der Waals surface area (Å²) in [6.45, 7) is 8.40. The number of halogens is 2. The number of amides is 1. The van der Waals surface area contributed by atoms with Gasteiger partial charge in [0.2, 0.25) is 5.91 Å². The Bertz CT molecular complexity index is 1260. The van der Waals surface area contributed by atoms with E-state index < -0.39 is 38.1 Å². The average Bonchev–Trinajstić information content (AvgIpc) is 2.78. The third kappa shape index (κ3) is 6.29. The Labute approximate surface area is 229 Å². The second kappa shape index (κ2) is 10.9. The zero-order valence-electron chi connectivity index (χ0n) is 21.7. The summed E-state index contributed by atoms with van der Waals surface area (Å²) in [5.41, 5.74) is 0.252. The van der Waals surface area contributed by atoms with E-state index in [1.165, 1.54) is 6.20 Å². The molecule has 4 atom stereocenters. The molecule has 2 aromatic rings. The number of aromatic nitrogens is 1. The van der Waals surface area contributed by atoms with Crippen LogP contribution in [0.25, 0.3) is 0 Å². The van der Waals surface area contributed by atoms with Gasteiger partial charge in [-0.2, -0.15) is 0 Å². The van der Waals surface area contributed by atoms with Gasteiger partial charge in [0.25, 0.3) is 0 Å². The number of aliphatic carboxylic acids is 1. The quantitative estimate of drug-likeness (QED) is 0.423. The van der Waals surface area contributed by atoms with E-state index in [0.717, 1.165) is 11.1 Å². The number of nitrogens with zero attached hydrogens (tertiary/aromatic N) is 2. The van der Waals surface area contributed by atoms with Crippen LogP contribution in [0.4, 0.5) is 0 Å². The maximum absolute atomic E-state index is 14.2. The molecule has 7 nitrogen and oxygen atoms in total. The summed E-state index contributed by atoms with van der Waals surface area (Å²) >= 11 is 12.5.